The molecule has 74 valence electrons. The van der Waals surface area contributed by atoms with Crippen molar-refractivity contribution in [3.8, 4) is 0 Å². The second-order valence-electron chi connectivity index (χ2n) is 1.48. The van der Waals surface area contributed by atoms with Crippen LogP contribution >= 0.6 is 7.99 Å². The molecular formula is C2H4F2O6PS-. The third-order valence-corrected chi connectivity index (χ3v) is 1.49. The van der Waals surface area contributed by atoms with E-state index in [4.69, 9.17) is 0 Å². The van der Waals surface area contributed by atoms with Crippen LogP contribution in [0.4, 0.5) is 8.39 Å². The van der Waals surface area contributed by atoms with Gasteiger partial charge in [0.2, 0.25) is 10.4 Å². The zero-order valence-electron chi connectivity index (χ0n) is 5.48. The molecule has 0 spiro atoms. The Labute approximate surface area is 67.1 Å². The number of halogens is 2. The zero-order chi connectivity index (χ0) is 9.83. The van der Waals surface area contributed by atoms with E-state index in [9.17, 15) is 25.9 Å². The molecule has 0 atom stereocenters. The second kappa shape index (κ2) is 4.24. The van der Waals surface area contributed by atoms with Crippen LogP contribution in [0.15, 0.2) is 0 Å². The highest BCUT2D eigenvalue weighted by molar-refractivity contribution is 7.80. The van der Waals surface area contributed by atoms with Gasteiger partial charge in [-0.2, -0.15) is 0 Å². The van der Waals surface area contributed by atoms with Crippen LogP contribution in [0.5, 0.6) is 0 Å². The van der Waals surface area contributed by atoms with Gasteiger partial charge in [0.25, 0.3) is 0 Å². The van der Waals surface area contributed by atoms with Gasteiger partial charge in [0.1, 0.15) is 0 Å². The SMILES string of the molecule is O=P(F)(F)OCCOS(=O)(=O)[O-]. The molecule has 0 aliphatic carbocycles. The van der Waals surface area contributed by atoms with Crippen molar-refractivity contribution in [2.75, 3.05) is 13.2 Å². The van der Waals surface area contributed by atoms with E-state index in [0.717, 1.165) is 0 Å². The van der Waals surface area contributed by atoms with Gasteiger partial charge in [-0.15, -0.1) is 8.39 Å². The van der Waals surface area contributed by atoms with Crippen molar-refractivity contribution in [3.05, 3.63) is 0 Å². The first kappa shape index (κ1) is 11.9. The molecule has 0 amide bonds. The van der Waals surface area contributed by atoms with Crippen molar-refractivity contribution < 1.29 is 34.6 Å². The van der Waals surface area contributed by atoms with Gasteiger partial charge in [-0.05, 0) is 0 Å². The van der Waals surface area contributed by atoms with Gasteiger partial charge < -0.3 is 4.55 Å². The molecule has 0 aromatic carbocycles. The van der Waals surface area contributed by atoms with Gasteiger partial charge in [0.05, 0.1) is 13.2 Å². The lowest BCUT2D eigenvalue weighted by atomic mass is 10.8. The molecule has 0 saturated heterocycles. The number of hydrogen-bond donors (Lipinski definition) is 0. The molecule has 0 aromatic rings. The predicted octanol–water partition coefficient (Wildman–Crippen LogP) is 0.527. The van der Waals surface area contributed by atoms with E-state index in [0.29, 0.717) is 0 Å². The van der Waals surface area contributed by atoms with E-state index in [2.05, 4.69) is 8.71 Å². The van der Waals surface area contributed by atoms with Gasteiger partial charge in [0, 0.05) is 0 Å². The minimum atomic E-state index is -5.62. The summed E-state index contributed by atoms with van der Waals surface area (Å²) in [5.41, 5.74) is 0. The minimum Gasteiger partial charge on any atom is -0.726 e. The summed E-state index contributed by atoms with van der Waals surface area (Å²) in [6.45, 7) is -1.81. The molecule has 0 rings (SSSR count). The van der Waals surface area contributed by atoms with E-state index >= 15 is 0 Å². The lowest BCUT2D eigenvalue weighted by Crippen LogP contribution is -2.08. The largest absolute Gasteiger partial charge is 0.726 e. The first-order valence-corrected chi connectivity index (χ1v) is 5.19. The molecule has 0 aliphatic rings. The first-order valence-electron chi connectivity index (χ1n) is 2.45. The summed E-state index contributed by atoms with van der Waals surface area (Å²) in [7, 11) is -10.5. The molecule has 12 heavy (non-hydrogen) atoms. The van der Waals surface area contributed by atoms with Crippen LogP contribution in [0.1, 0.15) is 0 Å². The first-order chi connectivity index (χ1) is 5.21. The third kappa shape index (κ3) is 9.92. The summed E-state index contributed by atoms with van der Waals surface area (Å²) in [6, 6.07) is 0. The van der Waals surface area contributed by atoms with Crippen molar-refractivity contribution in [1.82, 2.24) is 0 Å². The Morgan fingerprint density at radius 1 is 1.33 bits per heavy atom. The molecular weight excluding hydrogens is 221 g/mol. The third-order valence-electron chi connectivity index (χ3n) is 0.553. The molecule has 0 unspecified atom stereocenters. The van der Waals surface area contributed by atoms with Crippen molar-refractivity contribution in [2.45, 2.75) is 0 Å². The van der Waals surface area contributed by atoms with Crippen molar-refractivity contribution >= 4 is 18.4 Å². The Kier molecular flexibility index (Phi) is 4.21. The van der Waals surface area contributed by atoms with Crippen molar-refractivity contribution in [1.29, 1.82) is 0 Å². The van der Waals surface area contributed by atoms with E-state index in [1.165, 1.54) is 0 Å². The smallest absolute Gasteiger partial charge is 0.552 e. The van der Waals surface area contributed by atoms with E-state index in [-0.39, 0.29) is 0 Å². The zero-order valence-corrected chi connectivity index (χ0v) is 7.19. The minimum absolute atomic E-state index is 0.885. The molecule has 0 fully saturated rings. The van der Waals surface area contributed by atoms with Crippen LogP contribution in [0, 0.1) is 0 Å². The maximum absolute atomic E-state index is 11.4. The van der Waals surface area contributed by atoms with Gasteiger partial charge in [-0.25, -0.2) is 13.0 Å². The van der Waals surface area contributed by atoms with Gasteiger partial charge >= 0.3 is 7.99 Å². The molecule has 10 heteroatoms. The Balaban J connectivity index is 3.55. The van der Waals surface area contributed by atoms with Crippen molar-refractivity contribution in [2.24, 2.45) is 0 Å². The topological polar surface area (TPSA) is 92.7 Å². The highest BCUT2D eigenvalue weighted by Gasteiger charge is 2.19. The molecule has 0 radical (unpaired) electrons. The Hall–Kier alpha value is -0.0800. The molecule has 0 heterocycles. The number of hydrogen-bond acceptors (Lipinski definition) is 6. The summed E-state index contributed by atoms with van der Waals surface area (Å²) in [6.07, 6.45) is 0. The molecule has 0 saturated carbocycles. The van der Waals surface area contributed by atoms with Gasteiger partial charge in [-0.1, -0.05) is 0 Å². The fourth-order valence-electron chi connectivity index (χ4n) is 0.280. The Bertz CT molecular complexity index is 267. The monoisotopic (exact) mass is 225 g/mol. The van der Waals surface area contributed by atoms with Gasteiger partial charge in [0.15, 0.2) is 0 Å². The average molecular weight is 225 g/mol. The average Bonchev–Trinajstić information content (AvgIpc) is 1.76. The molecule has 0 N–H and O–H groups in total. The van der Waals surface area contributed by atoms with Crippen LogP contribution in [0.25, 0.3) is 0 Å². The van der Waals surface area contributed by atoms with Gasteiger partial charge in [-0.3, -0.25) is 8.71 Å². The fourth-order valence-corrected chi connectivity index (χ4v) is 0.839. The maximum Gasteiger partial charge on any atom is 0.552 e. The highest BCUT2D eigenvalue weighted by atomic mass is 32.3. The highest BCUT2D eigenvalue weighted by Crippen LogP contribution is 2.49. The summed E-state index contributed by atoms with van der Waals surface area (Å²) >= 11 is 0. The molecule has 0 aromatic heterocycles. The fraction of sp³-hybridized carbons (Fsp3) is 1.00. The molecule has 0 bridgehead atoms. The van der Waals surface area contributed by atoms with Crippen molar-refractivity contribution in [3.63, 3.8) is 0 Å². The maximum atomic E-state index is 11.4. The number of rotatable bonds is 5. The quantitative estimate of drug-likeness (QED) is 0.293. The summed E-state index contributed by atoms with van der Waals surface area (Å²) in [4.78, 5) is 0. The van der Waals surface area contributed by atoms with E-state index < -0.39 is 31.6 Å². The van der Waals surface area contributed by atoms with Crippen LogP contribution in [-0.4, -0.2) is 26.2 Å². The van der Waals surface area contributed by atoms with Crippen LogP contribution in [0.2, 0.25) is 0 Å². The summed E-state index contributed by atoms with van der Waals surface area (Å²) in [5.74, 6) is 0. The van der Waals surface area contributed by atoms with Crippen LogP contribution < -0.4 is 0 Å². The van der Waals surface area contributed by atoms with E-state index in [1.54, 1.807) is 0 Å². The summed E-state index contributed by atoms with van der Waals surface area (Å²) in [5, 5.41) is 0. The standard InChI is InChI=1S/C2H5F2O6PS/c3-11(4,5)9-1-2-10-12(6,7)8/h1-2H2,(H,6,7,8)/p-1. The lowest BCUT2D eigenvalue weighted by Gasteiger charge is -2.06. The molecule has 0 aliphatic heterocycles. The normalized spacial score (nSPS) is 13.2. The lowest BCUT2D eigenvalue weighted by molar-refractivity contribution is 0.180. The van der Waals surface area contributed by atoms with Crippen LogP contribution in [-0.2, 0) is 23.7 Å². The van der Waals surface area contributed by atoms with Crippen LogP contribution in [0.3, 0.4) is 0 Å². The molecule has 6 nitrogen and oxygen atoms in total. The predicted molar refractivity (Wildman–Crippen MR) is 31.4 cm³/mol. The van der Waals surface area contributed by atoms with E-state index in [1.807, 2.05) is 0 Å². The second-order valence-corrected chi connectivity index (χ2v) is 3.62. The Morgan fingerprint density at radius 3 is 2.17 bits per heavy atom. The Morgan fingerprint density at radius 2 is 1.83 bits per heavy atom. The summed E-state index contributed by atoms with van der Waals surface area (Å²) < 4.78 is 68.1.